The minimum absolute atomic E-state index is 0.885. The third-order valence-corrected chi connectivity index (χ3v) is 26.9. The summed E-state index contributed by atoms with van der Waals surface area (Å²) in [5.74, 6) is 0.940. The van der Waals surface area contributed by atoms with E-state index in [-0.39, 0.29) is 0 Å². The van der Waals surface area contributed by atoms with Crippen LogP contribution in [0, 0.1) is 0 Å². The largest absolute Gasteiger partial charge is 0.292 e. The van der Waals surface area contributed by atoms with Gasteiger partial charge in [-0.1, -0.05) is 340 Å². The Morgan fingerprint density at radius 1 is 0.165 bits per heavy atom. The molecule has 139 heavy (non-hydrogen) atoms. The number of para-hydroxylation sites is 5. The summed E-state index contributed by atoms with van der Waals surface area (Å²) in [4.78, 5) is 43.2. The highest BCUT2D eigenvalue weighted by Crippen LogP contribution is 2.47. The molecule has 0 fully saturated rings. The second kappa shape index (κ2) is 35.6. The van der Waals surface area contributed by atoms with Gasteiger partial charge in [0.05, 0.1) is 61.4 Å². The lowest BCUT2D eigenvalue weighted by Gasteiger charge is -2.16. The monoisotopic (exact) mass is 1770 g/mol. The fourth-order valence-electron chi connectivity index (χ4n) is 20.4. The molecule has 27 aromatic rings. The third-order valence-electron chi connectivity index (χ3n) is 26.9. The maximum absolute atomic E-state index is 5.21. The van der Waals surface area contributed by atoms with Crippen molar-refractivity contribution in [1.82, 2.24) is 49.4 Å². The Labute approximate surface area is 801 Å². The first-order valence-electron chi connectivity index (χ1n) is 46.8. The molecule has 0 N–H and O–H groups in total. The summed E-state index contributed by atoms with van der Waals surface area (Å²) in [6, 6.07) is 161. The lowest BCUT2D eigenvalue weighted by Crippen LogP contribution is -1.98. The Balaban J connectivity index is 0.000000110. The summed E-state index contributed by atoms with van der Waals surface area (Å²) in [5, 5.41) is 17.7. The van der Waals surface area contributed by atoms with Crippen LogP contribution in [0.3, 0.4) is 0 Å². The number of nitrogens with zero attached hydrogens (tertiary/aromatic N) is 10. The molecule has 648 valence electrons. The van der Waals surface area contributed by atoms with Gasteiger partial charge in [0.25, 0.3) is 0 Å². The average molecular weight is 1770 g/mol. The predicted molar refractivity (Wildman–Crippen MR) is 577 cm³/mol. The summed E-state index contributed by atoms with van der Waals surface area (Å²) in [6.07, 6.45) is 12.9. The molecule has 0 aliphatic rings. The summed E-state index contributed by atoms with van der Waals surface area (Å²) in [5.41, 5.74) is 33.4. The SMILES string of the molecule is c1cc(-c2ccc(-c3cc(-c4ccncc4)nc(-c4ccncc4)c3)c3ccccc23)cc(-c2cccc3c2ccc2cccnc23)c1.c1ccc(-c2nc3ccccc3nc2-c2ccc(-c3cccc(-c4cccc5c4ccc4cccnc45)c3)c3ccccc23)cc1.c1ccc(-n2c(-c3ccc(-c4cccc(-c5cccc6c5ccc5cccnc56)c4)c4ccccc34)nc3ccccc32)cc1. The van der Waals surface area contributed by atoms with E-state index in [1.54, 1.807) is 0 Å². The molecule has 0 spiro atoms. The molecule has 0 aliphatic carbocycles. The van der Waals surface area contributed by atoms with E-state index in [2.05, 4.69) is 397 Å². The van der Waals surface area contributed by atoms with Gasteiger partial charge in [-0.3, -0.25) is 29.5 Å². The van der Waals surface area contributed by atoms with Crippen molar-refractivity contribution in [3.05, 3.63) is 498 Å². The molecule has 0 amide bonds. The number of benzene rings is 19. The fraction of sp³-hybridized carbons (Fsp3) is 0. The number of rotatable bonds is 13. The van der Waals surface area contributed by atoms with Crippen molar-refractivity contribution >= 4 is 119 Å². The smallest absolute Gasteiger partial charge is 0.146 e. The van der Waals surface area contributed by atoms with Gasteiger partial charge in [-0.25, -0.2) is 19.9 Å². The zero-order valence-electron chi connectivity index (χ0n) is 75.3. The van der Waals surface area contributed by atoms with Gasteiger partial charge < -0.3 is 0 Å². The van der Waals surface area contributed by atoms with Crippen molar-refractivity contribution in [3.8, 4) is 140 Å². The Morgan fingerprint density at radius 2 is 0.482 bits per heavy atom. The number of aromatic nitrogens is 10. The van der Waals surface area contributed by atoms with Crippen LogP contribution in [0.25, 0.3) is 259 Å². The van der Waals surface area contributed by atoms with Crippen LogP contribution in [-0.4, -0.2) is 49.4 Å². The quantitative estimate of drug-likeness (QED) is 0.104. The molecule has 27 rings (SSSR count). The maximum atomic E-state index is 5.21. The Bertz CT molecular complexity index is 9420. The lowest BCUT2D eigenvalue weighted by atomic mass is 9.89. The van der Waals surface area contributed by atoms with E-state index in [0.29, 0.717) is 0 Å². The molecule has 10 nitrogen and oxygen atoms in total. The van der Waals surface area contributed by atoms with Crippen molar-refractivity contribution in [2.24, 2.45) is 0 Å². The molecule has 0 aliphatic heterocycles. The van der Waals surface area contributed by atoms with E-state index < -0.39 is 0 Å². The van der Waals surface area contributed by atoms with Crippen LogP contribution < -0.4 is 0 Å². The first-order valence-corrected chi connectivity index (χ1v) is 46.8. The van der Waals surface area contributed by atoms with Crippen LogP contribution in [0.1, 0.15) is 0 Å². The number of hydrogen-bond donors (Lipinski definition) is 0. The van der Waals surface area contributed by atoms with E-state index in [0.717, 1.165) is 133 Å². The normalized spacial score (nSPS) is 11.5. The standard InChI is InChI=1S/C44H28N4.C43H27N3.C42H27N3/c1-2-10-39-37(34-27-42(29-17-22-45-23-18-29)48-43(28-34)30-19-24-46-25-20-30)16-15-36(38(39)9-1)33-7-3-6-32(26-33)35-11-4-12-41-40(35)14-13-31-8-5-21-47-44(31)41;1-2-11-28(12-3-1)42-43(46-40-21-7-6-20-39(40)45-42)38-25-24-33(34-16-4-5-17-35(34)38)31-14-8-13-30(27-31)32-18-9-19-37-36(32)23-22-29-15-10-26-44-41(29)37;1-2-14-31(15-3-1)45-40-21-7-6-20-39(40)44-42(45)38-25-24-33(34-16-4-5-17-35(34)38)30-12-8-11-29(27-30)32-18-9-19-37-36(32)23-22-28-13-10-26-43-41(28)37/h1-28H;1-27H;1-27H. The average Bonchev–Trinajstić information content (AvgIpc) is 1.73. The molecular formula is C129H82N10. The zero-order chi connectivity index (χ0) is 92.1. The molecule has 0 saturated heterocycles. The van der Waals surface area contributed by atoms with Gasteiger partial charge in [0, 0.05) is 109 Å². The van der Waals surface area contributed by atoms with Crippen LogP contribution in [0.2, 0.25) is 0 Å². The number of pyridine rings is 6. The van der Waals surface area contributed by atoms with Crippen molar-refractivity contribution in [1.29, 1.82) is 0 Å². The first kappa shape index (κ1) is 82.2. The highest BCUT2D eigenvalue weighted by molar-refractivity contribution is 6.16. The van der Waals surface area contributed by atoms with Crippen LogP contribution >= 0.6 is 0 Å². The first-order chi connectivity index (χ1) is 68.9. The molecule has 0 bridgehead atoms. The van der Waals surface area contributed by atoms with E-state index in [4.69, 9.17) is 34.9 Å². The third kappa shape index (κ3) is 15.3. The Kier molecular flexibility index (Phi) is 21.1. The molecule has 8 aromatic heterocycles. The molecule has 8 heterocycles. The molecule has 19 aromatic carbocycles. The topological polar surface area (TPSA) is 121 Å². The molecule has 0 atom stereocenters. The minimum atomic E-state index is 0.885. The van der Waals surface area contributed by atoms with Gasteiger partial charge in [-0.2, -0.15) is 0 Å². The summed E-state index contributed by atoms with van der Waals surface area (Å²) in [7, 11) is 0. The van der Waals surface area contributed by atoms with Crippen LogP contribution in [0.4, 0.5) is 0 Å². The van der Waals surface area contributed by atoms with E-state index in [1.165, 1.54) is 126 Å². The van der Waals surface area contributed by atoms with Crippen molar-refractivity contribution in [3.63, 3.8) is 0 Å². The highest BCUT2D eigenvalue weighted by atomic mass is 15.1. The van der Waals surface area contributed by atoms with E-state index in [1.807, 2.05) is 116 Å². The Hall–Kier alpha value is -18.8. The summed E-state index contributed by atoms with van der Waals surface area (Å²) >= 11 is 0. The maximum Gasteiger partial charge on any atom is 0.146 e. The van der Waals surface area contributed by atoms with Gasteiger partial charge in [-0.05, 0) is 242 Å². The van der Waals surface area contributed by atoms with Gasteiger partial charge >= 0.3 is 0 Å². The highest BCUT2D eigenvalue weighted by Gasteiger charge is 2.24. The Morgan fingerprint density at radius 3 is 0.914 bits per heavy atom. The summed E-state index contributed by atoms with van der Waals surface area (Å²) in [6.45, 7) is 0. The zero-order valence-corrected chi connectivity index (χ0v) is 75.3. The molecular weight excluding hydrogens is 1690 g/mol. The summed E-state index contributed by atoms with van der Waals surface area (Å²) < 4.78 is 2.27. The number of hydrogen-bond acceptors (Lipinski definition) is 9. The van der Waals surface area contributed by atoms with E-state index >= 15 is 0 Å². The fourth-order valence-corrected chi connectivity index (χ4v) is 20.4. The second-order valence-corrected chi connectivity index (χ2v) is 35.0. The van der Waals surface area contributed by atoms with Crippen molar-refractivity contribution in [2.45, 2.75) is 0 Å². The lowest BCUT2D eigenvalue weighted by molar-refractivity contribution is 1.11. The predicted octanol–water partition coefficient (Wildman–Crippen LogP) is 33.1. The number of fused-ring (bicyclic) bond motifs is 14. The van der Waals surface area contributed by atoms with Crippen molar-refractivity contribution < 1.29 is 0 Å². The molecule has 10 heteroatoms. The molecule has 0 saturated carbocycles. The molecule has 0 radical (unpaired) electrons. The van der Waals surface area contributed by atoms with Gasteiger partial charge in [0.15, 0.2) is 0 Å². The van der Waals surface area contributed by atoms with Crippen molar-refractivity contribution in [2.75, 3.05) is 0 Å². The van der Waals surface area contributed by atoms with Crippen LogP contribution in [-0.2, 0) is 0 Å². The second-order valence-electron chi connectivity index (χ2n) is 35.0. The minimum Gasteiger partial charge on any atom is -0.292 e. The molecule has 0 unspecified atom stereocenters. The number of imidazole rings is 1. The van der Waals surface area contributed by atoms with Crippen LogP contribution in [0.5, 0.6) is 0 Å². The van der Waals surface area contributed by atoms with Gasteiger partial charge in [-0.15, -0.1) is 0 Å². The van der Waals surface area contributed by atoms with E-state index in [9.17, 15) is 0 Å². The van der Waals surface area contributed by atoms with Gasteiger partial charge in [0.1, 0.15) is 5.82 Å². The van der Waals surface area contributed by atoms with Crippen LogP contribution in [0.15, 0.2) is 498 Å². The van der Waals surface area contributed by atoms with Gasteiger partial charge in [0.2, 0.25) is 0 Å².